The molecule has 1 saturated heterocycles. The van der Waals surface area contributed by atoms with Crippen molar-refractivity contribution in [3.05, 3.63) is 35.9 Å². The first-order valence-corrected chi connectivity index (χ1v) is 7.69. The second-order valence-corrected chi connectivity index (χ2v) is 5.96. The molecule has 1 fully saturated rings. The number of nitrogens with zero attached hydrogens (tertiary/aromatic N) is 1. The maximum Gasteiger partial charge on any atom is 0.315 e. The van der Waals surface area contributed by atoms with E-state index in [1.165, 1.54) is 0 Å². The summed E-state index contributed by atoms with van der Waals surface area (Å²) in [5, 5.41) is 9.73. The summed E-state index contributed by atoms with van der Waals surface area (Å²) in [4.78, 5) is 14.1. The van der Waals surface area contributed by atoms with Gasteiger partial charge in [-0.05, 0) is 38.8 Å². The molecule has 2 rings (SSSR count). The number of ether oxygens (including phenoxy) is 1. The molecule has 1 aromatic rings. The lowest BCUT2D eigenvalue weighted by Crippen LogP contribution is -2.49. The van der Waals surface area contributed by atoms with Crippen LogP contribution in [0.25, 0.3) is 0 Å². The normalized spacial score (nSPS) is 22.7. The largest absolute Gasteiger partial charge is 0.481 e. The first-order valence-electron chi connectivity index (χ1n) is 7.69. The van der Waals surface area contributed by atoms with Crippen molar-refractivity contribution in [1.82, 2.24) is 4.90 Å². The van der Waals surface area contributed by atoms with Gasteiger partial charge in [-0.1, -0.05) is 30.3 Å². The number of rotatable bonds is 6. The summed E-state index contributed by atoms with van der Waals surface area (Å²) in [7, 11) is 0. The van der Waals surface area contributed by atoms with Gasteiger partial charge in [0.05, 0.1) is 6.10 Å². The molecule has 1 aliphatic heterocycles. The van der Waals surface area contributed by atoms with Crippen LogP contribution in [0.5, 0.6) is 0 Å². The summed E-state index contributed by atoms with van der Waals surface area (Å²) in [6.07, 6.45) is 2.37. The van der Waals surface area contributed by atoms with Crippen molar-refractivity contribution in [2.75, 3.05) is 26.2 Å². The fraction of sp³-hybridized carbons (Fsp3) is 0.588. The maximum atomic E-state index is 11.8. The molecule has 0 amide bonds. The quantitative estimate of drug-likeness (QED) is 0.875. The van der Waals surface area contributed by atoms with E-state index in [4.69, 9.17) is 4.74 Å². The highest BCUT2D eigenvalue weighted by Crippen LogP contribution is 2.27. The van der Waals surface area contributed by atoms with E-state index in [0.717, 1.165) is 31.5 Å². The Balaban J connectivity index is 2.11. The van der Waals surface area contributed by atoms with Crippen LogP contribution in [0.3, 0.4) is 0 Å². The van der Waals surface area contributed by atoms with Crippen LogP contribution >= 0.6 is 0 Å². The number of aliphatic carboxylic acids is 1. The molecule has 0 radical (unpaired) electrons. The molecule has 1 aliphatic rings. The van der Waals surface area contributed by atoms with Crippen molar-refractivity contribution < 1.29 is 14.6 Å². The zero-order valence-electron chi connectivity index (χ0n) is 12.9. The Morgan fingerprint density at radius 2 is 2.14 bits per heavy atom. The molecule has 21 heavy (non-hydrogen) atoms. The van der Waals surface area contributed by atoms with Crippen LogP contribution in [0.2, 0.25) is 0 Å². The number of hydrogen-bond acceptors (Lipinski definition) is 3. The first kappa shape index (κ1) is 16.0. The zero-order valence-corrected chi connectivity index (χ0v) is 12.9. The lowest BCUT2D eigenvalue weighted by Gasteiger charge is -2.37. The minimum atomic E-state index is -0.880. The summed E-state index contributed by atoms with van der Waals surface area (Å²) in [6.45, 7) is 6.82. The minimum Gasteiger partial charge on any atom is -0.481 e. The molecule has 0 saturated carbocycles. The van der Waals surface area contributed by atoms with Gasteiger partial charge in [0.1, 0.15) is 5.41 Å². The van der Waals surface area contributed by atoms with E-state index < -0.39 is 11.4 Å². The minimum absolute atomic E-state index is 0.234. The lowest BCUT2D eigenvalue weighted by molar-refractivity contribution is -0.144. The van der Waals surface area contributed by atoms with Crippen LogP contribution < -0.4 is 0 Å². The van der Waals surface area contributed by atoms with Crippen LogP contribution in [0.15, 0.2) is 30.3 Å². The molecule has 2 unspecified atom stereocenters. The Hall–Kier alpha value is -1.39. The van der Waals surface area contributed by atoms with Crippen LogP contribution in [-0.4, -0.2) is 48.3 Å². The van der Waals surface area contributed by atoms with Gasteiger partial charge in [-0.2, -0.15) is 0 Å². The fourth-order valence-electron chi connectivity index (χ4n) is 3.06. The van der Waals surface area contributed by atoms with Gasteiger partial charge in [0.15, 0.2) is 0 Å². The average molecular weight is 291 g/mol. The smallest absolute Gasteiger partial charge is 0.315 e. The van der Waals surface area contributed by atoms with Crippen molar-refractivity contribution in [3.63, 3.8) is 0 Å². The van der Waals surface area contributed by atoms with E-state index >= 15 is 0 Å². The predicted molar refractivity (Wildman–Crippen MR) is 82.5 cm³/mol. The Kier molecular flexibility index (Phi) is 5.37. The second kappa shape index (κ2) is 7.05. The number of likely N-dealkylation sites (tertiary alicyclic amines) is 1. The van der Waals surface area contributed by atoms with Crippen molar-refractivity contribution in [3.8, 4) is 0 Å². The van der Waals surface area contributed by atoms with Crippen LogP contribution in [0, 0.1) is 0 Å². The summed E-state index contributed by atoms with van der Waals surface area (Å²) in [5.41, 5.74) is -0.0222. The first-order chi connectivity index (χ1) is 10.1. The fourth-order valence-corrected chi connectivity index (χ4v) is 3.06. The third-order valence-electron chi connectivity index (χ3n) is 4.29. The molecule has 0 bridgehead atoms. The van der Waals surface area contributed by atoms with Crippen LogP contribution in [0.1, 0.15) is 32.3 Å². The Morgan fingerprint density at radius 3 is 2.76 bits per heavy atom. The molecule has 4 nitrogen and oxygen atoms in total. The zero-order chi connectivity index (χ0) is 15.3. The monoisotopic (exact) mass is 291 g/mol. The van der Waals surface area contributed by atoms with E-state index in [1.807, 2.05) is 44.2 Å². The Bertz CT molecular complexity index is 460. The maximum absolute atomic E-state index is 11.8. The molecule has 0 spiro atoms. The third-order valence-corrected chi connectivity index (χ3v) is 4.29. The summed E-state index contributed by atoms with van der Waals surface area (Å²) in [6, 6.07) is 9.51. The van der Waals surface area contributed by atoms with Crippen molar-refractivity contribution in [2.24, 2.45) is 0 Å². The van der Waals surface area contributed by atoms with Gasteiger partial charge in [-0.25, -0.2) is 0 Å². The van der Waals surface area contributed by atoms with Gasteiger partial charge in [0.25, 0.3) is 0 Å². The van der Waals surface area contributed by atoms with Crippen molar-refractivity contribution in [1.29, 1.82) is 0 Å². The molecular formula is C17H25NO3. The van der Waals surface area contributed by atoms with E-state index in [2.05, 4.69) is 4.90 Å². The number of carbonyl (C=O) groups is 1. The van der Waals surface area contributed by atoms with E-state index in [1.54, 1.807) is 0 Å². The molecular weight excluding hydrogens is 266 g/mol. The van der Waals surface area contributed by atoms with Gasteiger partial charge in [-0.3, -0.25) is 9.69 Å². The number of hydrogen-bond donors (Lipinski definition) is 1. The molecule has 116 valence electrons. The van der Waals surface area contributed by atoms with E-state index in [-0.39, 0.29) is 6.10 Å². The summed E-state index contributed by atoms with van der Waals surface area (Å²) >= 11 is 0. The Labute approximate surface area is 126 Å². The molecule has 0 aromatic heterocycles. The molecule has 1 aromatic carbocycles. The van der Waals surface area contributed by atoms with Crippen LogP contribution in [-0.2, 0) is 14.9 Å². The summed E-state index contributed by atoms with van der Waals surface area (Å²) < 4.78 is 5.70. The average Bonchev–Trinajstić information content (AvgIpc) is 2.48. The highest BCUT2D eigenvalue weighted by atomic mass is 16.5. The van der Waals surface area contributed by atoms with E-state index in [9.17, 15) is 9.90 Å². The molecule has 1 heterocycles. The third kappa shape index (κ3) is 3.83. The second-order valence-electron chi connectivity index (χ2n) is 5.96. The van der Waals surface area contributed by atoms with Crippen LogP contribution in [0.4, 0.5) is 0 Å². The summed E-state index contributed by atoms with van der Waals surface area (Å²) in [5.74, 6) is -0.771. The van der Waals surface area contributed by atoms with Gasteiger partial charge in [-0.15, -0.1) is 0 Å². The van der Waals surface area contributed by atoms with Crippen molar-refractivity contribution in [2.45, 2.75) is 38.2 Å². The van der Waals surface area contributed by atoms with E-state index in [0.29, 0.717) is 13.2 Å². The standard InChI is InChI=1S/C17H25NO3/c1-3-21-15-10-7-11-18(12-15)13-17(2,16(19)20)14-8-5-4-6-9-14/h4-6,8-9,15H,3,7,10-13H2,1-2H3,(H,19,20). The predicted octanol–water partition coefficient (Wildman–Crippen LogP) is 2.53. The van der Waals surface area contributed by atoms with Gasteiger partial charge in [0.2, 0.25) is 0 Å². The lowest BCUT2D eigenvalue weighted by atomic mass is 9.81. The molecule has 0 aliphatic carbocycles. The molecule has 4 heteroatoms. The van der Waals surface area contributed by atoms with Gasteiger partial charge >= 0.3 is 5.97 Å². The number of carboxylic acid groups (broad SMARTS) is 1. The van der Waals surface area contributed by atoms with Gasteiger partial charge in [0, 0.05) is 19.7 Å². The topological polar surface area (TPSA) is 49.8 Å². The number of carboxylic acids is 1. The van der Waals surface area contributed by atoms with Gasteiger partial charge < -0.3 is 9.84 Å². The molecule has 1 N–H and O–H groups in total. The molecule has 2 atom stereocenters. The Morgan fingerprint density at radius 1 is 1.43 bits per heavy atom. The SMILES string of the molecule is CCOC1CCCN(CC(C)(C(=O)O)c2ccccc2)C1. The highest BCUT2D eigenvalue weighted by molar-refractivity contribution is 5.81. The number of piperidine rings is 1. The van der Waals surface area contributed by atoms with Crippen molar-refractivity contribution >= 4 is 5.97 Å². The highest BCUT2D eigenvalue weighted by Gasteiger charge is 2.38. The number of benzene rings is 1.